The Morgan fingerprint density at radius 3 is 2.50 bits per heavy atom. The summed E-state index contributed by atoms with van der Waals surface area (Å²) in [5, 5.41) is 17.2. The van der Waals surface area contributed by atoms with E-state index < -0.39 is 24.3 Å². The number of carboxylic acid groups (broad SMARTS) is 1. The molecule has 0 amide bonds. The van der Waals surface area contributed by atoms with Gasteiger partial charge >= 0.3 is 12.1 Å². The number of ether oxygens (including phenoxy) is 1. The second-order valence-electron chi connectivity index (χ2n) is 12.0. The van der Waals surface area contributed by atoms with E-state index in [4.69, 9.17) is 22.1 Å². The average molecular weight is 608 g/mol. The Morgan fingerprint density at radius 2 is 1.90 bits per heavy atom. The van der Waals surface area contributed by atoms with Gasteiger partial charge in [0.05, 0.1) is 11.4 Å². The molecular formula is C28H33ClF3N7O3. The van der Waals surface area contributed by atoms with E-state index in [9.17, 15) is 23.1 Å². The smallest absolute Gasteiger partial charge is 0.429 e. The van der Waals surface area contributed by atoms with Crippen molar-refractivity contribution >= 4 is 29.3 Å². The van der Waals surface area contributed by atoms with E-state index in [-0.39, 0.29) is 38.9 Å². The molecule has 0 aliphatic carbocycles. The standard InChI is InChI=1S/C28H33ClF3N7O3/c1-26(2,3)20-6-9-39(37-20)19-12-16(29)4-5-17(19)23(28(30,31)32)42-22-13-21(35-25(33)36-22)38-10-7-27(8-11-38)14-18(24(40)41)34-15-27/h4-6,9,12-13,18,23,34H,7-8,10-11,14-15H2,1-3H3,(H,40,41)(H2,33,35,36)/t18-,23?/m0/s1. The summed E-state index contributed by atoms with van der Waals surface area (Å²) in [6.45, 7) is 7.53. The Balaban J connectivity index is 1.41. The van der Waals surface area contributed by atoms with Gasteiger partial charge in [0.15, 0.2) is 0 Å². The fraction of sp³-hybridized carbons (Fsp3) is 0.500. The number of aromatic nitrogens is 4. The van der Waals surface area contributed by atoms with E-state index in [1.54, 1.807) is 12.3 Å². The summed E-state index contributed by atoms with van der Waals surface area (Å²) in [5.74, 6) is -1.09. The minimum atomic E-state index is -4.82. The van der Waals surface area contributed by atoms with Crippen LogP contribution in [0.4, 0.5) is 24.9 Å². The lowest BCUT2D eigenvalue weighted by Crippen LogP contribution is -2.41. The molecule has 10 nitrogen and oxygen atoms in total. The first-order valence-corrected chi connectivity index (χ1v) is 14.0. The van der Waals surface area contributed by atoms with E-state index in [0.29, 0.717) is 50.4 Å². The van der Waals surface area contributed by atoms with Crippen molar-refractivity contribution in [3.05, 3.63) is 52.8 Å². The van der Waals surface area contributed by atoms with Crippen molar-refractivity contribution in [1.29, 1.82) is 0 Å². The number of hydrogen-bond donors (Lipinski definition) is 3. The number of carbonyl (C=O) groups is 1. The first kappa shape index (κ1) is 29.9. The molecule has 2 aliphatic heterocycles. The van der Waals surface area contributed by atoms with Gasteiger partial charge in [-0.15, -0.1) is 0 Å². The number of hydrogen-bond acceptors (Lipinski definition) is 8. The Hall–Kier alpha value is -3.58. The topological polar surface area (TPSA) is 131 Å². The van der Waals surface area contributed by atoms with Crippen LogP contribution >= 0.6 is 11.6 Å². The number of halogens is 4. The molecule has 1 unspecified atom stereocenters. The number of nitrogens with zero attached hydrogens (tertiary/aromatic N) is 5. The van der Waals surface area contributed by atoms with Gasteiger partial charge in [0.25, 0.3) is 0 Å². The molecule has 226 valence electrons. The molecule has 4 heterocycles. The van der Waals surface area contributed by atoms with E-state index in [0.717, 1.165) is 0 Å². The zero-order chi connectivity index (χ0) is 30.4. The summed E-state index contributed by atoms with van der Waals surface area (Å²) in [6, 6.07) is 6.56. The lowest BCUT2D eigenvalue weighted by atomic mass is 9.76. The van der Waals surface area contributed by atoms with Crippen LogP contribution in [0.3, 0.4) is 0 Å². The van der Waals surface area contributed by atoms with Gasteiger partial charge in [0.2, 0.25) is 17.9 Å². The third-order valence-corrected chi connectivity index (χ3v) is 8.16. The number of anilines is 2. The predicted octanol–water partition coefficient (Wildman–Crippen LogP) is 4.91. The molecule has 2 atom stereocenters. The fourth-order valence-electron chi connectivity index (χ4n) is 5.56. The number of nitrogen functional groups attached to an aromatic ring is 1. The van der Waals surface area contributed by atoms with Crippen molar-refractivity contribution in [3.8, 4) is 11.6 Å². The molecule has 4 N–H and O–H groups in total. The molecule has 2 aliphatic rings. The number of rotatable bonds is 6. The number of carboxylic acids is 1. The highest BCUT2D eigenvalue weighted by Crippen LogP contribution is 2.42. The monoisotopic (exact) mass is 607 g/mol. The van der Waals surface area contributed by atoms with Crippen LogP contribution in [-0.4, -0.2) is 62.7 Å². The molecule has 3 aromatic rings. The first-order chi connectivity index (χ1) is 19.6. The fourth-order valence-corrected chi connectivity index (χ4v) is 5.72. The van der Waals surface area contributed by atoms with Crippen LogP contribution in [0, 0.1) is 5.41 Å². The van der Waals surface area contributed by atoms with E-state index in [1.807, 2.05) is 25.7 Å². The molecule has 2 fully saturated rings. The van der Waals surface area contributed by atoms with E-state index in [2.05, 4.69) is 20.4 Å². The Morgan fingerprint density at radius 1 is 1.19 bits per heavy atom. The van der Waals surface area contributed by atoms with Crippen LogP contribution < -0.4 is 20.7 Å². The van der Waals surface area contributed by atoms with Crippen molar-refractivity contribution in [2.45, 2.75) is 63.8 Å². The minimum Gasteiger partial charge on any atom is -0.480 e. The highest BCUT2D eigenvalue weighted by Gasteiger charge is 2.46. The van der Waals surface area contributed by atoms with Gasteiger partial charge in [-0.2, -0.15) is 28.2 Å². The molecule has 1 spiro atoms. The maximum atomic E-state index is 14.6. The average Bonchev–Trinajstić information content (AvgIpc) is 3.56. The summed E-state index contributed by atoms with van der Waals surface area (Å²) in [6.07, 6.45) is -3.72. The Kier molecular flexibility index (Phi) is 7.77. The molecule has 5 rings (SSSR count). The number of nitrogens with two attached hydrogens (primary N) is 1. The summed E-state index contributed by atoms with van der Waals surface area (Å²) in [4.78, 5) is 21.5. The molecule has 0 saturated carbocycles. The van der Waals surface area contributed by atoms with Crippen LogP contribution in [0.2, 0.25) is 5.02 Å². The molecule has 42 heavy (non-hydrogen) atoms. The van der Waals surface area contributed by atoms with Crippen LogP contribution in [0.5, 0.6) is 5.88 Å². The molecular weight excluding hydrogens is 575 g/mol. The summed E-state index contributed by atoms with van der Waals surface area (Å²) in [7, 11) is 0. The first-order valence-electron chi connectivity index (χ1n) is 13.6. The number of benzene rings is 1. The second-order valence-corrected chi connectivity index (χ2v) is 12.5. The minimum absolute atomic E-state index is 0.119. The van der Waals surface area contributed by atoms with E-state index >= 15 is 0 Å². The second kappa shape index (κ2) is 10.9. The highest BCUT2D eigenvalue weighted by molar-refractivity contribution is 6.30. The molecule has 2 saturated heterocycles. The van der Waals surface area contributed by atoms with E-state index in [1.165, 1.54) is 28.9 Å². The quantitative estimate of drug-likeness (QED) is 0.358. The third-order valence-electron chi connectivity index (χ3n) is 7.93. The number of piperidine rings is 1. The summed E-state index contributed by atoms with van der Waals surface area (Å²) < 4.78 is 50.6. The van der Waals surface area contributed by atoms with Crippen LogP contribution in [0.15, 0.2) is 36.5 Å². The lowest BCUT2D eigenvalue weighted by Gasteiger charge is -2.39. The highest BCUT2D eigenvalue weighted by atomic mass is 35.5. The largest absolute Gasteiger partial charge is 0.480 e. The van der Waals surface area contributed by atoms with Crippen molar-refractivity contribution in [2.75, 3.05) is 30.3 Å². The summed E-state index contributed by atoms with van der Waals surface area (Å²) >= 11 is 6.20. The lowest BCUT2D eigenvalue weighted by molar-refractivity contribution is -0.198. The van der Waals surface area contributed by atoms with Crippen molar-refractivity contribution in [1.82, 2.24) is 25.1 Å². The SMILES string of the molecule is CC(C)(C)c1ccn(-c2cc(Cl)ccc2C(Oc2cc(N3CCC4(CC3)CN[C@H](C(=O)O)C4)nc(N)n2)C(F)(F)F)n1. The van der Waals surface area contributed by atoms with Crippen LogP contribution in [0.25, 0.3) is 5.69 Å². The van der Waals surface area contributed by atoms with Gasteiger partial charge in [-0.05, 0) is 42.9 Å². The Bertz CT molecular complexity index is 1470. The van der Waals surface area contributed by atoms with Gasteiger partial charge < -0.3 is 25.8 Å². The molecule has 0 bridgehead atoms. The van der Waals surface area contributed by atoms with Crippen LogP contribution in [0.1, 0.15) is 57.4 Å². The zero-order valence-electron chi connectivity index (χ0n) is 23.5. The maximum absolute atomic E-state index is 14.6. The number of nitrogens with one attached hydrogen (secondary N) is 1. The van der Waals surface area contributed by atoms with Gasteiger partial charge in [-0.3, -0.25) is 4.79 Å². The zero-order valence-corrected chi connectivity index (χ0v) is 24.2. The van der Waals surface area contributed by atoms with Crippen molar-refractivity contribution in [3.63, 3.8) is 0 Å². The molecule has 14 heteroatoms. The van der Waals surface area contributed by atoms with Crippen LogP contribution in [-0.2, 0) is 10.2 Å². The Labute approximate surface area is 246 Å². The number of aliphatic carboxylic acids is 1. The molecule has 1 aromatic carbocycles. The number of alkyl halides is 3. The third kappa shape index (κ3) is 6.26. The van der Waals surface area contributed by atoms with Crippen molar-refractivity contribution < 1.29 is 27.8 Å². The molecule has 2 aromatic heterocycles. The maximum Gasteiger partial charge on any atom is 0.429 e. The van der Waals surface area contributed by atoms with Gasteiger partial charge in [0.1, 0.15) is 11.9 Å². The van der Waals surface area contributed by atoms with Gasteiger partial charge in [-0.1, -0.05) is 38.4 Å². The van der Waals surface area contributed by atoms with Gasteiger partial charge in [-0.25, -0.2) is 4.68 Å². The van der Waals surface area contributed by atoms with Crippen molar-refractivity contribution in [2.24, 2.45) is 5.41 Å². The predicted molar refractivity (Wildman–Crippen MR) is 151 cm³/mol. The normalized spacial score (nSPS) is 19.7. The summed E-state index contributed by atoms with van der Waals surface area (Å²) in [5.41, 5.74) is 6.07. The molecule has 0 radical (unpaired) electrons. The van der Waals surface area contributed by atoms with Gasteiger partial charge in [0, 0.05) is 47.9 Å².